The number of carbonyl (C=O) groups excluding carboxylic acids is 1. The summed E-state index contributed by atoms with van der Waals surface area (Å²) in [5.41, 5.74) is 2.27. The van der Waals surface area contributed by atoms with E-state index in [0.717, 1.165) is 0 Å². The van der Waals surface area contributed by atoms with E-state index in [1.165, 1.54) is 83.8 Å². The molecule has 1 amide bonds. The number of aliphatic hydroxyl groups is 8. The van der Waals surface area contributed by atoms with Gasteiger partial charge in [0.15, 0.2) is 6.29 Å². The number of benzene rings is 4. The Balaban J connectivity index is 1.01. The molecule has 7 rings (SSSR count). The topological polar surface area (TPSA) is 273 Å². The quantitative estimate of drug-likeness (QED) is 0.0593. The Kier molecular flexibility index (Phi) is 14.1. The van der Waals surface area contributed by atoms with Gasteiger partial charge < -0.3 is 69.3 Å². The number of phenols is 1. The van der Waals surface area contributed by atoms with Gasteiger partial charge in [0, 0.05) is 11.3 Å². The first kappa shape index (κ1) is 46.3. The lowest BCUT2D eigenvalue weighted by atomic mass is 9.77. The average Bonchev–Trinajstić information content (AvgIpc) is 3.26. The van der Waals surface area contributed by atoms with Crippen molar-refractivity contribution >= 4 is 21.7 Å². The van der Waals surface area contributed by atoms with Crippen molar-refractivity contribution in [3.05, 3.63) is 114 Å². The van der Waals surface area contributed by atoms with Gasteiger partial charge in [0.1, 0.15) is 83.8 Å². The Morgan fingerprint density at radius 3 is 1.94 bits per heavy atom. The average molecular weight is 904 g/mol. The normalized spacial score (nSPS) is 30.4. The van der Waals surface area contributed by atoms with E-state index < -0.39 is 120 Å². The smallest absolute Gasteiger partial charge is 0.311 e. The van der Waals surface area contributed by atoms with Crippen LogP contribution in [0.3, 0.4) is 0 Å². The fourth-order valence-corrected chi connectivity index (χ4v) is 9.28. The van der Waals surface area contributed by atoms with Crippen molar-refractivity contribution in [3.63, 3.8) is 0 Å². The van der Waals surface area contributed by atoms with Crippen molar-refractivity contribution in [3.8, 4) is 22.6 Å². The van der Waals surface area contributed by atoms with E-state index >= 15 is 0 Å². The molecular formula is C43H47F2NO16S. The van der Waals surface area contributed by atoms with Gasteiger partial charge in [-0.15, -0.1) is 0 Å². The highest BCUT2D eigenvalue weighted by Gasteiger charge is 2.52. The molecule has 13 atom stereocenters. The Morgan fingerprint density at radius 1 is 0.714 bits per heavy atom. The van der Waals surface area contributed by atoms with Crippen molar-refractivity contribution in [2.24, 2.45) is 5.92 Å². The SMILES string of the molecule is O=C1[C@H](CC[C@H](O)c2ccc(F)cc2)[C@@H](c2ccc(-c3ccc(OS(=O)(=O)CC4O[C@H](CO)C(OC5O[C@H](CO)[C@@H](O)[C@H](O)[C@H]5O)[C@H](O)[C@H]4O)cc3)cc2O)N1c1ccc(F)cc1. The number of halogens is 2. The number of β-lactam (4-membered cyclic amide) rings is 1. The summed E-state index contributed by atoms with van der Waals surface area (Å²) in [5.74, 6) is -3.28. The summed E-state index contributed by atoms with van der Waals surface area (Å²) in [4.78, 5) is 15.0. The zero-order valence-corrected chi connectivity index (χ0v) is 34.0. The molecule has 20 heteroatoms. The van der Waals surface area contributed by atoms with Crippen LogP contribution in [0.4, 0.5) is 14.5 Å². The maximum atomic E-state index is 13.8. The van der Waals surface area contributed by atoms with Gasteiger partial charge in [0.25, 0.3) is 0 Å². The minimum atomic E-state index is -4.56. The lowest BCUT2D eigenvalue weighted by Crippen LogP contribution is -2.65. The maximum Gasteiger partial charge on any atom is 0.311 e. The molecular weight excluding hydrogens is 857 g/mol. The Bertz CT molecular complexity index is 2300. The maximum absolute atomic E-state index is 13.8. The molecule has 0 saturated carbocycles. The van der Waals surface area contributed by atoms with Gasteiger partial charge >= 0.3 is 10.1 Å². The third kappa shape index (κ3) is 9.87. The van der Waals surface area contributed by atoms with Crippen LogP contribution in [0.2, 0.25) is 0 Å². The number of aliphatic hydroxyl groups excluding tert-OH is 8. The molecule has 3 unspecified atom stereocenters. The lowest BCUT2D eigenvalue weighted by molar-refractivity contribution is -0.341. The summed E-state index contributed by atoms with van der Waals surface area (Å²) in [5, 5.41) is 93.8. The molecule has 17 nitrogen and oxygen atoms in total. The number of phenolic OH excluding ortho intramolecular Hbond substituents is 1. The van der Waals surface area contributed by atoms with E-state index in [4.69, 9.17) is 18.4 Å². The Labute approximate surface area is 359 Å². The molecule has 4 aromatic carbocycles. The summed E-state index contributed by atoms with van der Waals surface area (Å²) < 4.78 is 75.2. The molecule has 3 saturated heterocycles. The van der Waals surface area contributed by atoms with E-state index in [9.17, 15) is 68.0 Å². The van der Waals surface area contributed by atoms with Gasteiger partial charge in [-0.25, -0.2) is 8.78 Å². The van der Waals surface area contributed by atoms with E-state index in [0.29, 0.717) is 27.9 Å². The van der Waals surface area contributed by atoms with E-state index in [1.54, 1.807) is 12.1 Å². The first-order chi connectivity index (χ1) is 30.0. The number of amides is 1. The van der Waals surface area contributed by atoms with Gasteiger partial charge in [-0.3, -0.25) is 4.79 Å². The highest BCUT2D eigenvalue weighted by molar-refractivity contribution is 7.87. The number of hydrogen-bond donors (Lipinski definition) is 9. The molecule has 4 aromatic rings. The van der Waals surface area contributed by atoms with Crippen LogP contribution < -0.4 is 9.08 Å². The number of hydrogen-bond acceptors (Lipinski definition) is 16. The molecule has 0 aromatic heterocycles. The summed E-state index contributed by atoms with van der Waals surface area (Å²) in [6, 6.07) is 20.4. The molecule has 0 bridgehead atoms. The standard InChI is InChI=1S/C43H47F2NO16S/c44-24-6-1-22(2-7-24)30(49)16-15-29-35(46(42(29)56)26-10-8-25(45)9-11-26)28-14-5-23(17-31(28)50)21-3-12-27(13-4-21)62-63(57,58)20-34-37(52)39(54)41(33(19-48)59-34)61-43-40(55)38(53)36(51)32(18-47)60-43/h1-14,17,29-30,32-41,43,47-55H,15-16,18-20H2/t29-,30+,32-,33-,34?,35-,36-,37+,38+,39-,40-,41?,43?/m1/s1. The summed E-state index contributed by atoms with van der Waals surface area (Å²) in [7, 11) is -4.56. The van der Waals surface area contributed by atoms with E-state index in [-0.39, 0.29) is 30.2 Å². The second-order valence-corrected chi connectivity index (χ2v) is 17.3. The van der Waals surface area contributed by atoms with Crippen molar-refractivity contribution in [1.82, 2.24) is 0 Å². The first-order valence-electron chi connectivity index (χ1n) is 20.0. The number of nitrogens with zero attached hydrogens (tertiary/aromatic N) is 1. The summed E-state index contributed by atoms with van der Waals surface area (Å²) in [6.07, 6.45) is -17.8. The number of rotatable bonds is 15. The molecule has 0 aliphatic carbocycles. The zero-order chi connectivity index (χ0) is 45.3. The monoisotopic (exact) mass is 903 g/mol. The fraction of sp³-hybridized carbons (Fsp3) is 0.419. The van der Waals surface area contributed by atoms with Crippen LogP contribution in [0.25, 0.3) is 11.1 Å². The molecule has 3 aliphatic heterocycles. The minimum absolute atomic E-state index is 0.151. The predicted octanol–water partition coefficient (Wildman–Crippen LogP) is 0.931. The van der Waals surface area contributed by atoms with Crippen molar-refractivity contribution < 1.29 is 86.3 Å². The summed E-state index contributed by atoms with van der Waals surface area (Å²) >= 11 is 0. The van der Waals surface area contributed by atoms with Gasteiger partial charge in [0.05, 0.1) is 31.3 Å². The van der Waals surface area contributed by atoms with Crippen molar-refractivity contribution in [2.45, 2.75) is 86.2 Å². The van der Waals surface area contributed by atoms with Gasteiger partial charge in [0.2, 0.25) is 5.91 Å². The lowest BCUT2D eigenvalue weighted by Gasteiger charge is -2.48. The second kappa shape index (κ2) is 19.2. The zero-order valence-electron chi connectivity index (χ0n) is 33.2. The summed E-state index contributed by atoms with van der Waals surface area (Å²) in [6.45, 7) is -1.64. The van der Waals surface area contributed by atoms with Gasteiger partial charge in [-0.2, -0.15) is 8.42 Å². The highest BCUT2D eigenvalue weighted by Crippen LogP contribution is 2.49. The molecule has 3 heterocycles. The highest BCUT2D eigenvalue weighted by atomic mass is 32.2. The number of anilines is 1. The second-order valence-electron chi connectivity index (χ2n) is 15.7. The van der Waals surface area contributed by atoms with Crippen molar-refractivity contribution in [1.29, 1.82) is 0 Å². The largest absolute Gasteiger partial charge is 0.508 e. The molecule has 63 heavy (non-hydrogen) atoms. The van der Waals surface area contributed by atoms with Gasteiger partial charge in [-0.05, 0) is 84.1 Å². The minimum Gasteiger partial charge on any atom is -0.508 e. The van der Waals surface area contributed by atoms with Crippen LogP contribution in [0.15, 0.2) is 91.0 Å². The van der Waals surface area contributed by atoms with Crippen LogP contribution in [0.5, 0.6) is 11.5 Å². The fourth-order valence-electron chi connectivity index (χ4n) is 8.13. The van der Waals surface area contributed by atoms with Crippen LogP contribution in [0.1, 0.15) is 36.1 Å². The van der Waals surface area contributed by atoms with Gasteiger partial charge in [-0.1, -0.05) is 36.4 Å². The third-order valence-corrected chi connectivity index (χ3v) is 12.7. The van der Waals surface area contributed by atoms with Crippen molar-refractivity contribution in [2.75, 3.05) is 23.9 Å². The third-order valence-electron chi connectivity index (χ3n) is 11.6. The Morgan fingerprint density at radius 2 is 1.32 bits per heavy atom. The molecule has 0 spiro atoms. The van der Waals surface area contributed by atoms with Crippen LogP contribution in [-0.2, 0) is 29.1 Å². The van der Waals surface area contributed by atoms with E-state index in [1.807, 2.05) is 0 Å². The van der Waals surface area contributed by atoms with Crippen LogP contribution in [-0.4, -0.2) is 140 Å². The van der Waals surface area contributed by atoms with Crippen LogP contribution in [0, 0.1) is 17.6 Å². The molecule has 3 aliphatic rings. The molecule has 9 N–H and O–H groups in total. The predicted molar refractivity (Wildman–Crippen MR) is 215 cm³/mol. The molecule has 0 radical (unpaired) electrons. The molecule has 3 fully saturated rings. The van der Waals surface area contributed by atoms with Crippen LogP contribution >= 0.6 is 0 Å². The Hall–Kier alpha value is -4.68. The number of carbonyl (C=O) groups is 1. The first-order valence-corrected chi connectivity index (χ1v) is 21.5. The number of ether oxygens (including phenoxy) is 3. The van der Waals surface area contributed by atoms with E-state index in [2.05, 4.69) is 0 Å². The number of aromatic hydroxyl groups is 1. The molecule has 340 valence electrons.